The summed E-state index contributed by atoms with van der Waals surface area (Å²) in [5.74, 6) is 1.06. The van der Waals surface area contributed by atoms with E-state index in [2.05, 4.69) is 11.9 Å². The lowest BCUT2D eigenvalue weighted by Crippen LogP contribution is -2.24. The van der Waals surface area contributed by atoms with Crippen LogP contribution in [0, 0.1) is 5.92 Å². The SMILES string of the molecule is COc1ccc(C2=NN(c3ccccc3)[C@H](c3ccc4cccnc4c3O)[C@H]2C)cc1. The normalized spacial score (nSPS) is 18.3. The molecule has 5 heteroatoms. The Morgan fingerprint density at radius 2 is 1.68 bits per heavy atom. The van der Waals surface area contributed by atoms with Crippen molar-refractivity contribution in [3.05, 3.63) is 96.2 Å². The molecule has 1 aliphatic heterocycles. The Kier molecular flexibility index (Phi) is 4.79. The van der Waals surface area contributed by atoms with Crippen molar-refractivity contribution in [3.63, 3.8) is 0 Å². The number of hydrazone groups is 1. The molecule has 3 aromatic carbocycles. The summed E-state index contributed by atoms with van der Waals surface area (Å²) >= 11 is 0. The number of phenols is 1. The number of hydrogen-bond donors (Lipinski definition) is 1. The van der Waals surface area contributed by atoms with Crippen LogP contribution in [0.25, 0.3) is 10.9 Å². The Morgan fingerprint density at radius 1 is 0.903 bits per heavy atom. The van der Waals surface area contributed by atoms with Crippen molar-refractivity contribution >= 4 is 22.3 Å². The fourth-order valence-electron chi connectivity index (χ4n) is 4.30. The summed E-state index contributed by atoms with van der Waals surface area (Å²) in [4.78, 5) is 4.41. The second-order valence-corrected chi connectivity index (χ2v) is 7.71. The molecule has 0 spiro atoms. The van der Waals surface area contributed by atoms with Gasteiger partial charge in [0.25, 0.3) is 0 Å². The molecule has 0 saturated heterocycles. The Balaban J connectivity index is 1.64. The van der Waals surface area contributed by atoms with Gasteiger partial charge in [0.1, 0.15) is 17.0 Å². The minimum atomic E-state index is -0.161. The van der Waals surface area contributed by atoms with Gasteiger partial charge in [-0.05, 0) is 48.0 Å². The lowest BCUT2D eigenvalue weighted by Gasteiger charge is -2.27. The van der Waals surface area contributed by atoms with Crippen molar-refractivity contribution in [1.29, 1.82) is 0 Å². The van der Waals surface area contributed by atoms with Gasteiger partial charge in [-0.15, -0.1) is 0 Å². The molecule has 0 radical (unpaired) electrons. The fourth-order valence-corrected chi connectivity index (χ4v) is 4.30. The highest BCUT2D eigenvalue weighted by Crippen LogP contribution is 2.44. The molecule has 4 aromatic rings. The molecule has 31 heavy (non-hydrogen) atoms. The third-order valence-corrected chi connectivity index (χ3v) is 5.89. The quantitative estimate of drug-likeness (QED) is 0.480. The van der Waals surface area contributed by atoms with E-state index < -0.39 is 0 Å². The van der Waals surface area contributed by atoms with Gasteiger partial charge in [-0.25, -0.2) is 0 Å². The highest BCUT2D eigenvalue weighted by atomic mass is 16.5. The van der Waals surface area contributed by atoms with Gasteiger partial charge in [0.15, 0.2) is 0 Å². The minimum Gasteiger partial charge on any atom is -0.505 e. The van der Waals surface area contributed by atoms with Crippen molar-refractivity contribution in [3.8, 4) is 11.5 Å². The van der Waals surface area contributed by atoms with Crippen LogP contribution in [0.15, 0.2) is 90.2 Å². The number of ether oxygens (including phenoxy) is 1. The summed E-state index contributed by atoms with van der Waals surface area (Å²) in [6, 6.07) is 25.7. The van der Waals surface area contributed by atoms with Crippen LogP contribution in [-0.4, -0.2) is 22.9 Å². The molecular weight excluding hydrogens is 386 g/mol. The summed E-state index contributed by atoms with van der Waals surface area (Å²) in [5.41, 5.74) is 4.41. The van der Waals surface area contributed by atoms with Crippen LogP contribution in [0.2, 0.25) is 0 Å². The first kappa shape index (κ1) is 19.1. The summed E-state index contributed by atoms with van der Waals surface area (Å²) < 4.78 is 5.31. The molecule has 1 N–H and O–H groups in total. The second-order valence-electron chi connectivity index (χ2n) is 7.71. The van der Waals surface area contributed by atoms with Crippen LogP contribution in [0.1, 0.15) is 24.1 Å². The molecular formula is C26H23N3O2. The molecule has 0 bridgehead atoms. The van der Waals surface area contributed by atoms with Crippen LogP contribution >= 0.6 is 0 Å². The summed E-state index contributed by atoms with van der Waals surface area (Å²) in [6.07, 6.45) is 1.71. The van der Waals surface area contributed by atoms with Crippen molar-refractivity contribution in [2.45, 2.75) is 13.0 Å². The number of hydrogen-bond acceptors (Lipinski definition) is 5. The lowest BCUT2D eigenvalue weighted by molar-refractivity contribution is 0.415. The Labute approximate surface area is 181 Å². The van der Waals surface area contributed by atoms with Crippen LogP contribution in [0.3, 0.4) is 0 Å². The molecule has 0 unspecified atom stereocenters. The third-order valence-electron chi connectivity index (χ3n) is 5.89. The number of aromatic hydroxyl groups is 1. The topological polar surface area (TPSA) is 58.0 Å². The van der Waals surface area contributed by atoms with Crippen LogP contribution in [0.4, 0.5) is 5.69 Å². The lowest BCUT2D eigenvalue weighted by atomic mass is 9.87. The van der Waals surface area contributed by atoms with Crippen molar-refractivity contribution < 1.29 is 9.84 Å². The van der Waals surface area contributed by atoms with E-state index in [9.17, 15) is 5.11 Å². The Bertz CT molecular complexity index is 1250. The molecule has 2 heterocycles. The number of pyridine rings is 1. The predicted molar refractivity (Wildman–Crippen MR) is 124 cm³/mol. The van der Waals surface area contributed by atoms with E-state index in [1.54, 1.807) is 13.3 Å². The maximum atomic E-state index is 11.2. The molecule has 5 rings (SSSR count). The average Bonchev–Trinajstić information content (AvgIpc) is 3.17. The molecule has 1 aromatic heterocycles. The van der Waals surface area contributed by atoms with Crippen molar-refractivity contribution in [2.75, 3.05) is 12.1 Å². The highest BCUT2D eigenvalue weighted by molar-refractivity contribution is 6.05. The van der Waals surface area contributed by atoms with E-state index in [-0.39, 0.29) is 17.7 Å². The van der Waals surface area contributed by atoms with Gasteiger partial charge < -0.3 is 9.84 Å². The largest absolute Gasteiger partial charge is 0.505 e. The molecule has 2 atom stereocenters. The maximum Gasteiger partial charge on any atom is 0.147 e. The van der Waals surface area contributed by atoms with Gasteiger partial charge in [0.05, 0.1) is 24.6 Å². The zero-order chi connectivity index (χ0) is 21.4. The zero-order valence-electron chi connectivity index (χ0n) is 17.4. The first-order valence-corrected chi connectivity index (χ1v) is 10.3. The van der Waals surface area contributed by atoms with E-state index in [0.29, 0.717) is 5.52 Å². The van der Waals surface area contributed by atoms with E-state index in [1.165, 1.54) is 0 Å². The van der Waals surface area contributed by atoms with Gasteiger partial charge in [-0.3, -0.25) is 9.99 Å². The van der Waals surface area contributed by atoms with Crippen molar-refractivity contribution in [1.82, 2.24) is 4.98 Å². The monoisotopic (exact) mass is 409 g/mol. The van der Waals surface area contributed by atoms with E-state index >= 15 is 0 Å². The number of benzene rings is 3. The van der Waals surface area contributed by atoms with E-state index in [1.807, 2.05) is 83.9 Å². The maximum absolute atomic E-state index is 11.2. The number of nitrogens with zero attached hydrogens (tertiary/aromatic N) is 3. The second kappa shape index (κ2) is 7.76. The molecule has 0 saturated carbocycles. The molecule has 0 amide bonds. The number of aromatic nitrogens is 1. The number of phenolic OH excluding ortho intramolecular Hbond substituents is 1. The number of rotatable bonds is 4. The summed E-state index contributed by atoms with van der Waals surface area (Å²) in [6.45, 7) is 2.15. The van der Waals surface area contributed by atoms with Crippen LogP contribution in [0.5, 0.6) is 11.5 Å². The number of para-hydroxylation sites is 1. The summed E-state index contributed by atoms with van der Waals surface area (Å²) in [7, 11) is 1.66. The van der Waals surface area contributed by atoms with Gasteiger partial charge in [0, 0.05) is 23.1 Å². The minimum absolute atomic E-state index is 0.0423. The van der Waals surface area contributed by atoms with Crippen molar-refractivity contribution in [2.24, 2.45) is 11.0 Å². The van der Waals surface area contributed by atoms with E-state index in [0.717, 1.165) is 33.7 Å². The predicted octanol–water partition coefficient (Wildman–Crippen LogP) is 5.55. The van der Waals surface area contributed by atoms with Crippen LogP contribution in [-0.2, 0) is 0 Å². The molecule has 0 fully saturated rings. The first-order chi connectivity index (χ1) is 15.2. The number of fused-ring (bicyclic) bond motifs is 1. The van der Waals surface area contributed by atoms with Crippen LogP contribution < -0.4 is 9.75 Å². The molecule has 1 aliphatic rings. The zero-order valence-corrected chi connectivity index (χ0v) is 17.4. The number of methoxy groups -OCH3 is 1. The summed E-state index contributed by atoms with van der Waals surface area (Å²) in [5, 5.41) is 19.1. The Morgan fingerprint density at radius 3 is 2.42 bits per heavy atom. The third kappa shape index (κ3) is 3.28. The fraction of sp³-hybridized carbons (Fsp3) is 0.154. The van der Waals surface area contributed by atoms with Gasteiger partial charge in [-0.1, -0.05) is 43.3 Å². The molecule has 5 nitrogen and oxygen atoms in total. The van der Waals surface area contributed by atoms with Gasteiger partial charge in [-0.2, -0.15) is 5.10 Å². The standard InChI is InChI=1S/C26H23N3O2/c1-17-23(19-10-13-21(31-2)14-11-19)28-29(20-8-4-3-5-9-20)25(17)22-15-12-18-7-6-16-27-24(18)26(22)30/h3-17,25,30H,1-2H3/t17-,25-/m0/s1. The smallest absolute Gasteiger partial charge is 0.147 e. The average molecular weight is 409 g/mol. The molecule has 0 aliphatic carbocycles. The Hall–Kier alpha value is -3.86. The van der Waals surface area contributed by atoms with E-state index in [4.69, 9.17) is 9.84 Å². The van der Waals surface area contributed by atoms with Gasteiger partial charge in [0.2, 0.25) is 0 Å². The van der Waals surface area contributed by atoms with Gasteiger partial charge >= 0.3 is 0 Å². The molecule has 154 valence electrons. The first-order valence-electron chi connectivity index (χ1n) is 10.3. The number of anilines is 1. The highest BCUT2D eigenvalue weighted by Gasteiger charge is 2.38.